The predicted octanol–water partition coefficient (Wildman–Crippen LogP) is 4.34. The number of carbonyl (C=O) groups excluding carboxylic acids is 1. The second-order valence-corrected chi connectivity index (χ2v) is 9.01. The number of para-hydroxylation sites is 1. The molecule has 2 aliphatic heterocycles. The minimum atomic E-state index is -0.444. The maximum atomic E-state index is 14.1. The number of halogens is 1. The topological polar surface area (TPSA) is 68.7 Å². The molecule has 0 unspecified atom stereocenters. The number of amides is 2. The van der Waals surface area contributed by atoms with Crippen LogP contribution in [-0.4, -0.2) is 64.2 Å². The first kappa shape index (κ1) is 22.5. The summed E-state index contributed by atoms with van der Waals surface area (Å²) in [6, 6.07) is 18.4. The number of benzene rings is 2. The van der Waals surface area contributed by atoms with Gasteiger partial charge in [-0.05, 0) is 54.3 Å². The molecule has 1 aromatic heterocycles. The van der Waals surface area contributed by atoms with Crippen molar-refractivity contribution in [3.8, 4) is 11.1 Å². The van der Waals surface area contributed by atoms with Gasteiger partial charge in [-0.3, -0.25) is 9.88 Å². The number of carbonyl (C=O) groups is 1. The zero-order valence-corrected chi connectivity index (χ0v) is 19.0. The first-order chi connectivity index (χ1) is 16.7. The summed E-state index contributed by atoms with van der Waals surface area (Å²) >= 11 is 0. The summed E-state index contributed by atoms with van der Waals surface area (Å²) in [7, 11) is 0. The first-order valence-corrected chi connectivity index (χ1v) is 11.8. The summed E-state index contributed by atoms with van der Waals surface area (Å²) < 4.78 is 14.1. The summed E-state index contributed by atoms with van der Waals surface area (Å²) in [5.74, 6) is -0.324. The third-order valence-electron chi connectivity index (χ3n) is 7.06. The van der Waals surface area contributed by atoms with E-state index in [2.05, 4.69) is 39.5 Å². The van der Waals surface area contributed by atoms with Crippen LogP contribution in [0.3, 0.4) is 0 Å². The normalized spacial score (nSPS) is 22.8. The van der Waals surface area contributed by atoms with E-state index in [0.717, 1.165) is 36.1 Å². The van der Waals surface area contributed by atoms with Crippen molar-refractivity contribution >= 4 is 11.7 Å². The number of fused-ring (bicyclic) bond motifs is 1. The van der Waals surface area contributed by atoms with Gasteiger partial charge < -0.3 is 15.3 Å². The van der Waals surface area contributed by atoms with Gasteiger partial charge in [0.15, 0.2) is 0 Å². The van der Waals surface area contributed by atoms with Gasteiger partial charge in [0, 0.05) is 43.5 Å². The average Bonchev–Trinajstić information content (AvgIpc) is 2.85. The van der Waals surface area contributed by atoms with E-state index >= 15 is 0 Å². The summed E-state index contributed by atoms with van der Waals surface area (Å²) in [5.41, 5.74) is 3.50. The van der Waals surface area contributed by atoms with E-state index in [9.17, 15) is 14.3 Å². The van der Waals surface area contributed by atoms with Crippen LogP contribution < -0.4 is 5.32 Å². The maximum absolute atomic E-state index is 14.1. The minimum Gasteiger partial charge on any atom is -0.395 e. The summed E-state index contributed by atoms with van der Waals surface area (Å²) in [5, 5.41) is 12.9. The Balaban J connectivity index is 1.35. The van der Waals surface area contributed by atoms with Crippen molar-refractivity contribution in [1.82, 2.24) is 14.8 Å². The van der Waals surface area contributed by atoms with Crippen LogP contribution in [0.2, 0.25) is 0 Å². The number of aliphatic hydroxyl groups is 1. The van der Waals surface area contributed by atoms with Crippen LogP contribution in [0.15, 0.2) is 73.1 Å². The molecule has 0 bridgehead atoms. The zero-order chi connectivity index (χ0) is 23.5. The highest BCUT2D eigenvalue weighted by Gasteiger charge is 2.49. The number of anilines is 1. The quantitative estimate of drug-likeness (QED) is 0.608. The van der Waals surface area contributed by atoms with Crippen LogP contribution in [0.1, 0.15) is 24.3 Å². The largest absolute Gasteiger partial charge is 0.395 e. The molecule has 3 atom stereocenters. The van der Waals surface area contributed by atoms with Gasteiger partial charge in [-0.25, -0.2) is 9.18 Å². The molecule has 0 spiro atoms. The third-order valence-corrected chi connectivity index (χ3v) is 7.06. The number of pyridine rings is 1. The molecule has 0 saturated carbocycles. The molecular formula is C27H29FN4O2. The van der Waals surface area contributed by atoms with Crippen LogP contribution >= 0.6 is 0 Å². The molecular weight excluding hydrogens is 431 g/mol. The maximum Gasteiger partial charge on any atom is 0.321 e. The molecule has 2 saturated heterocycles. The van der Waals surface area contributed by atoms with Gasteiger partial charge in [0.1, 0.15) is 5.82 Å². The van der Waals surface area contributed by atoms with Gasteiger partial charge in [0.2, 0.25) is 0 Å². The van der Waals surface area contributed by atoms with Crippen molar-refractivity contribution in [2.75, 3.05) is 31.6 Å². The third kappa shape index (κ3) is 4.41. The number of urea groups is 1. The fourth-order valence-corrected chi connectivity index (χ4v) is 5.31. The van der Waals surface area contributed by atoms with Gasteiger partial charge in [-0.2, -0.15) is 0 Å². The summed E-state index contributed by atoms with van der Waals surface area (Å²) in [4.78, 5) is 21.3. The Kier molecular flexibility index (Phi) is 6.56. The van der Waals surface area contributed by atoms with Crippen molar-refractivity contribution in [3.63, 3.8) is 0 Å². The summed E-state index contributed by atoms with van der Waals surface area (Å²) in [6.45, 7) is 2.14. The van der Waals surface area contributed by atoms with E-state index < -0.39 is 5.82 Å². The molecule has 0 radical (unpaired) electrons. The fourth-order valence-electron chi connectivity index (χ4n) is 5.31. The van der Waals surface area contributed by atoms with Gasteiger partial charge in [-0.1, -0.05) is 42.5 Å². The average molecular weight is 461 g/mol. The lowest BCUT2D eigenvalue weighted by Crippen LogP contribution is -2.68. The van der Waals surface area contributed by atoms with E-state index in [0.29, 0.717) is 13.1 Å². The fraction of sp³-hybridized carbons (Fsp3) is 0.333. The molecule has 2 aromatic carbocycles. The number of rotatable bonds is 4. The number of hydrogen-bond acceptors (Lipinski definition) is 4. The first-order valence-electron chi connectivity index (χ1n) is 11.8. The Morgan fingerprint density at radius 2 is 1.82 bits per heavy atom. The van der Waals surface area contributed by atoms with E-state index in [4.69, 9.17) is 0 Å². The number of aliphatic hydroxyl groups excluding tert-OH is 1. The highest BCUT2D eigenvalue weighted by atomic mass is 19.1. The standard InChI is InChI=1S/C27H29FN4O2/c28-22-7-1-2-8-23(22)30-27(34)31-14-3-4-15-32-24(17-31)26(25(32)18-33)20-11-9-19(10-12-20)21-6-5-13-29-16-21/h1-2,5-13,16,24-26,33H,3-4,14-15,17-18H2,(H,30,34)/t24-,25-,26-/m0/s1. The van der Waals surface area contributed by atoms with Crippen LogP contribution in [0.25, 0.3) is 11.1 Å². The van der Waals surface area contributed by atoms with E-state index in [-0.39, 0.29) is 36.3 Å². The van der Waals surface area contributed by atoms with Crippen LogP contribution in [0.4, 0.5) is 14.9 Å². The van der Waals surface area contributed by atoms with Crippen molar-refractivity contribution in [2.45, 2.75) is 30.8 Å². The number of nitrogens with zero attached hydrogens (tertiary/aromatic N) is 3. The molecule has 6 nitrogen and oxygen atoms in total. The minimum absolute atomic E-state index is 0.0313. The monoisotopic (exact) mass is 460 g/mol. The van der Waals surface area contributed by atoms with Gasteiger partial charge >= 0.3 is 6.03 Å². The van der Waals surface area contributed by atoms with Crippen molar-refractivity contribution in [2.24, 2.45) is 0 Å². The van der Waals surface area contributed by atoms with Gasteiger partial charge in [0.25, 0.3) is 0 Å². The molecule has 5 rings (SSSR count). The smallest absolute Gasteiger partial charge is 0.321 e. The number of hydrogen-bond donors (Lipinski definition) is 2. The van der Waals surface area contributed by atoms with E-state index in [1.54, 1.807) is 29.3 Å². The number of aromatic nitrogens is 1. The molecule has 34 heavy (non-hydrogen) atoms. The van der Waals surface area contributed by atoms with E-state index in [1.165, 1.54) is 6.07 Å². The second kappa shape index (κ2) is 9.91. The lowest BCUT2D eigenvalue weighted by molar-refractivity contribution is -0.0585. The lowest BCUT2D eigenvalue weighted by atomic mass is 9.74. The molecule has 2 N–H and O–H groups in total. The van der Waals surface area contributed by atoms with Gasteiger partial charge in [0.05, 0.1) is 12.3 Å². The number of nitrogens with one attached hydrogen (secondary N) is 1. The van der Waals surface area contributed by atoms with Crippen LogP contribution in [0.5, 0.6) is 0 Å². The van der Waals surface area contributed by atoms with Crippen molar-refractivity contribution < 1.29 is 14.3 Å². The molecule has 7 heteroatoms. The summed E-state index contributed by atoms with van der Waals surface area (Å²) in [6.07, 6.45) is 5.42. The molecule has 0 aliphatic carbocycles. The Hall–Kier alpha value is -3.29. The van der Waals surface area contributed by atoms with E-state index in [1.807, 2.05) is 18.3 Å². The lowest BCUT2D eigenvalue weighted by Gasteiger charge is -2.57. The molecule has 176 valence electrons. The van der Waals surface area contributed by atoms with Crippen molar-refractivity contribution in [3.05, 3.63) is 84.4 Å². The van der Waals surface area contributed by atoms with Crippen LogP contribution in [-0.2, 0) is 0 Å². The Labute approximate surface area is 199 Å². The second-order valence-electron chi connectivity index (χ2n) is 9.01. The molecule has 2 amide bonds. The SMILES string of the molecule is O=C(Nc1ccccc1F)N1CCCCN2[C@@H](CO)[C@@H](c3ccc(-c4cccnc4)cc3)[C@@H]2C1. The Morgan fingerprint density at radius 3 is 2.56 bits per heavy atom. The molecule has 2 aliphatic rings. The van der Waals surface area contributed by atoms with Gasteiger partial charge in [-0.15, -0.1) is 0 Å². The molecule has 3 heterocycles. The molecule has 3 aromatic rings. The molecule has 2 fully saturated rings. The van der Waals surface area contributed by atoms with Crippen LogP contribution in [0, 0.1) is 5.82 Å². The zero-order valence-electron chi connectivity index (χ0n) is 19.0. The highest BCUT2D eigenvalue weighted by Crippen LogP contribution is 2.42. The highest BCUT2D eigenvalue weighted by molar-refractivity contribution is 5.89. The van der Waals surface area contributed by atoms with Crippen molar-refractivity contribution in [1.29, 1.82) is 0 Å². The predicted molar refractivity (Wildman–Crippen MR) is 130 cm³/mol. The Morgan fingerprint density at radius 1 is 1.03 bits per heavy atom. The Bertz CT molecular complexity index is 1120.